The van der Waals surface area contributed by atoms with Crippen molar-refractivity contribution in [1.82, 2.24) is 0 Å². The van der Waals surface area contributed by atoms with Crippen LogP contribution in [0.3, 0.4) is 0 Å². The van der Waals surface area contributed by atoms with Crippen LogP contribution in [-0.2, 0) is 38.0 Å². The zero-order chi connectivity index (χ0) is 34.8. The van der Waals surface area contributed by atoms with E-state index in [1.807, 2.05) is 0 Å². The minimum absolute atomic E-state index is 0.0979. The van der Waals surface area contributed by atoms with Crippen LogP contribution in [0.15, 0.2) is 12.2 Å². The fourth-order valence-electron chi connectivity index (χ4n) is 5.06. The molecule has 2 aliphatic rings. The van der Waals surface area contributed by atoms with Gasteiger partial charge in [-0.15, -0.1) is 0 Å². The van der Waals surface area contributed by atoms with Crippen molar-refractivity contribution < 1.29 is 73.8 Å². The number of allylic oxidation sites excluding steroid dienone is 2. The summed E-state index contributed by atoms with van der Waals surface area (Å²) in [5, 5.41) is 70.8. The number of carbonyl (C=O) groups excluding carboxylic acids is 2. The summed E-state index contributed by atoms with van der Waals surface area (Å²) < 4.78 is 32.5. The van der Waals surface area contributed by atoms with E-state index in [0.29, 0.717) is 6.42 Å². The molecule has 274 valence electrons. The molecule has 2 heterocycles. The average Bonchev–Trinajstić information content (AvgIpc) is 3.07. The topological polar surface area (TPSA) is 231 Å². The largest absolute Gasteiger partial charge is 0.462 e. The van der Waals surface area contributed by atoms with Gasteiger partial charge in [0.05, 0.1) is 19.8 Å². The number of hydrogen-bond acceptors (Lipinski definition) is 15. The highest BCUT2D eigenvalue weighted by Crippen LogP contribution is 2.26. The van der Waals surface area contributed by atoms with Crippen LogP contribution in [0, 0.1) is 0 Å². The average molecular weight is 681 g/mol. The standard InChI is InChI=1S/C32H56O15/c1-3-5-6-7-8-9-10-11-12-13-14-15-24(35)45-20(17-42-23(34)4-2)18-43-31-30(41)28(39)26(37)22(47-31)19-44-32-29(40)27(38)25(36)21(16-33)46-32/h7-8,20-22,25-33,36-41H,3-6,9-19H2,1-2H3/b8-7-. The molecule has 47 heavy (non-hydrogen) atoms. The molecule has 11 atom stereocenters. The van der Waals surface area contributed by atoms with Gasteiger partial charge in [0.25, 0.3) is 0 Å². The predicted molar refractivity (Wildman–Crippen MR) is 164 cm³/mol. The summed E-state index contributed by atoms with van der Waals surface area (Å²) in [6.45, 7) is 1.86. The summed E-state index contributed by atoms with van der Waals surface area (Å²) in [4.78, 5) is 24.3. The van der Waals surface area contributed by atoms with Crippen LogP contribution in [0.4, 0.5) is 0 Å². The summed E-state index contributed by atoms with van der Waals surface area (Å²) in [6, 6.07) is 0. The summed E-state index contributed by atoms with van der Waals surface area (Å²) in [5.41, 5.74) is 0. The second kappa shape index (κ2) is 22.8. The highest BCUT2D eigenvalue weighted by molar-refractivity contribution is 5.70. The van der Waals surface area contributed by atoms with Gasteiger partial charge in [-0.3, -0.25) is 9.59 Å². The van der Waals surface area contributed by atoms with Crippen molar-refractivity contribution in [3.05, 3.63) is 12.2 Å². The number of aliphatic hydroxyl groups excluding tert-OH is 7. The minimum Gasteiger partial charge on any atom is -0.462 e. The first-order chi connectivity index (χ1) is 22.5. The highest BCUT2D eigenvalue weighted by Gasteiger charge is 2.47. The van der Waals surface area contributed by atoms with E-state index in [-0.39, 0.29) is 26.1 Å². The molecule has 2 saturated heterocycles. The van der Waals surface area contributed by atoms with Crippen molar-refractivity contribution in [1.29, 1.82) is 0 Å². The van der Waals surface area contributed by atoms with Gasteiger partial charge in [0.1, 0.15) is 55.4 Å². The molecule has 0 aromatic carbocycles. The molecule has 15 heteroatoms. The lowest BCUT2D eigenvalue weighted by Crippen LogP contribution is -2.61. The zero-order valence-corrected chi connectivity index (χ0v) is 27.5. The van der Waals surface area contributed by atoms with Crippen molar-refractivity contribution in [2.75, 3.05) is 26.4 Å². The van der Waals surface area contributed by atoms with Gasteiger partial charge in [-0.05, 0) is 25.7 Å². The van der Waals surface area contributed by atoms with Crippen molar-refractivity contribution in [3.63, 3.8) is 0 Å². The van der Waals surface area contributed by atoms with Gasteiger partial charge in [0.15, 0.2) is 18.7 Å². The Kier molecular flexibility index (Phi) is 20.1. The molecule has 0 aromatic rings. The second-order valence-electron chi connectivity index (χ2n) is 11.9. The summed E-state index contributed by atoms with van der Waals surface area (Å²) in [7, 11) is 0. The molecule has 11 unspecified atom stereocenters. The van der Waals surface area contributed by atoms with Crippen molar-refractivity contribution in [2.24, 2.45) is 0 Å². The molecule has 0 spiro atoms. The Morgan fingerprint density at radius 3 is 1.89 bits per heavy atom. The molecular formula is C32H56O15. The molecule has 7 N–H and O–H groups in total. The first-order valence-corrected chi connectivity index (χ1v) is 16.8. The number of hydrogen-bond donors (Lipinski definition) is 7. The van der Waals surface area contributed by atoms with E-state index in [1.165, 1.54) is 12.8 Å². The first-order valence-electron chi connectivity index (χ1n) is 16.8. The van der Waals surface area contributed by atoms with Gasteiger partial charge in [-0.1, -0.05) is 58.1 Å². The predicted octanol–water partition coefficient (Wildman–Crippen LogP) is -0.0308. The maximum absolute atomic E-state index is 12.6. The smallest absolute Gasteiger partial charge is 0.306 e. The van der Waals surface area contributed by atoms with E-state index in [4.69, 9.17) is 28.4 Å². The number of esters is 2. The molecular weight excluding hydrogens is 624 g/mol. The van der Waals surface area contributed by atoms with E-state index in [9.17, 15) is 45.3 Å². The van der Waals surface area contributed by atoms with E-state index >= 15 is 0 Å². The van der Waals surface area contributed by atoms with Gasteiger partial charge in [0.2, 0.25) is 0 Å². The number of rotatable bonds is 22. The number of aliphatic hydroxyl groups is 7. The molecule has 2 rings (SSSR count). The van der Waals surface area contributed by atoms with Crippen LogP contribution in [0.2, 0.25) is 0 Å². The second-order valence-corrected chi connectivity index (χ2v) is 11.9. The van der Waals surface area contributed by atoms with Gasteiger partial charge < -0.3 is 64.2 Å². The lowest BCUT2D eigenvalue weighted by atomic mass is 9.98. The van der Waals surface area contributed by atoms with Gasteiger partial charge >= 0.3 is 11.9 Å². The number of carbonyl (C=O) groups is 2. The van der Waals surface area contributed by atoms with Crippen LogP contribution in [0.5, 0.6) is 0 Å². The molecule has 0 aromatic heterocycles. The van der Waals surface area contributed by atoms with E-state index in [0.717, 1.165) is 38.5 Å². The third-order valence-corrected chi connectivity index (χ3v) is 8.05. The van der Waals surface area contributed by atoms with Crippen molar-refractivity contribution >= 4 is 11.9 Å². The van der Waals surface area contributed by atoms with Crippen LogP contribution >= 0.6 is 0 Å². The molecule has 0 saturated carbocycles. The van der Waals surface area contributed by atoms with Crippen molar-refractivity contribution in [3.8, 4) is 0 Å². The maximum atomic E-state index is 12.6. The SMILES string of the molecule is CCCC/C=C\CCCCCCCC(=O)OC(COC(=O)CC)COC1OC(COC2OC(CO)C(O)C(O)C2O)C(O)C(O)C1O. The Hall–Kier alpha value is -1.76. The maximum Gasteiger partial charge on any atom is 0.306 e. The Balaban J connectivity index is 1.85. The molecule has 0 aliphatic carbocycles. The van der Waals surface area contributed by atoms with Crippen LogP contribution in [0.25, 0.3) is 0 Å². The first kappa shape index (κ1) is 41.4. The fraction of sp³-hybridized carbons (Fsp3) is 0.875. The van der Waals surface area contributed by atoms with Crippen LogP contribution in [-0.4, -0.2) is 142 Å². The normalized spacial score (nSPS) is 31.9. The fourth-order valence-corrected chi connectivity index (χ4v) is 5.06. The quantitative estimate of drug-likeness (QED) is 0.0452. The Morgan fingerprint density at radius 2 is 1.26 bits per heavy atom. The zero-order valence-electron chi connectivity index (χ0n) is 27.5. The number of ether oxygens (including phenoxy) is 6. The van der Waals surface area contributed by atoms with Gasteiger partial charge in [-0.25, -0.2) is 0 Å². The van der Waals surface area contributed by atoms with E-state index in [1.54, 1.807) is 6.92 Å². The third kappa shape index (κ3) is 14.3. The number of unbranched alkanes of at least 4 members (excludes halogenated alkanes) is 7. The molecule has 0 radical (unpaired) electrons. The lowest BCUT2D eigenvalue weighted by Gasteiger charge is -2.42. The molecule has 2 fully saturated rings. The highest BCUT2D eigenvalue weighted by atomic mass is 16.7. The monoisotopic (exact) mass is 680 g/mol. The molecule has 0 bridgehead atoms. The van der Waals surface area contributed by atoms with E-state index in [2.05, 4.69) is 19.1 Å². The molecule has 2 aliphatic heterocycles. The Morgan fingerprint density at radius 1 is 0.681 bits per heavy atom. The Labute approximate surface area is 276 Å². The lowest BCUT2D eigenvalue weighted by molar-refractivity contribution is -0.332. The van der Waals surface area contributed by atoms with Crippen LogP contribution in [0.1, 0.15) is 84.5 Å². The third-order valence-electron chi connectivity index (χ3n) is 8.05. The van der Waals surface area contributed by atoms with Crippen molar-refractivity contribution in [2.45, 2.75) is 152 Å². The summed E-state index contributed by atoms with van der Waals surface area (Å²) >= 11 is 0. The van der Waals surface area contributed by atoms with Gasteiger partial charge in [-0.2, -0.15) is 0 Å². The summed E-state index contributed by atoms with van der Waals surface area (Å²) in [6.07, 6.45) is -2.96. The summed E-state index contributed by atoms with van der Waals surface area (Å²) in [5.74, 6) is -1.04. The molecule has 15 nitrogen and oxygen atoms in total. The van der Waals surface area contributed by atoms with Crippen LogP contribution < -0.4 is 0 Å². The minimum atomic E-state index is -1.76. The van der Waals surface area contributed by atoms with E-state index < -0.39 is 92.7 Å². The molecule has 0 amide bonds. The Bertz CT molecular complexity index is 902. The van der Waals surface area contributed by atoms with Gasteiger partial charge in [0, 0.05) is 12.8 Å².